The number of nitrogens with zero attached hydrogens (tertiary/aromatic N) is 1. The Kier molecular flexibility index (Phi) is 5.35. The summed E-state index contributed by atoms with van der Waals surface area (Å²) in [4.78, 5) is 11.7. The molecule has 1 saturated heterocycles. The van der Waals surface area contributed by atoms with Crippen LogP contribution in [0.5, 0.6) is 0 Å². The number of hydrogen-bond acceptors (Lipinski definition) is 3. The van der Waals surface area contributed by atoms with Gasteiger partial charge >= 0.3 is 0 Å². The van der Waals surface area contributed by atoms with E-state index in [1.165, 1.54) is 29.9 Å². The van der Waals surface area contributed by atoms with Crippen LogP contribution in [-0.4, -0.2) is 22.1 Å². The van der Waals surface area contributed by atoms with Crippen LogP contribution in [0.15, 0.2) is 53.5 Å². The Morgan fingerprint density at radius 3 is 2.68 bits per heavy atom. The highest BCUT2D eigenvalue weighted by Crippen LogP contribution is 2.17. The maximum atomic E-state index is 11.7. The quantitative estimate of drug-likeness (QED) is 0.921. The lowest BCUT2D eigenvalue weighted by molar-refractivity contribution is 0.507. The Bertz CT molecular complexity index is 645. The van der Waals surface area contributed by atoms with E-state index in [0.29, 0.717) is 12.6 Å². The number of hydrogen-bond donors (Lipinski definition) is 1. The first-order valence-electron chi connectivity index (χ1n) is 7.86. The lowest BCUT2D eigenvalue weighted by atomic mass is 10.1. The molecule has 0 unspecified atom stereocenters. The molecule has 0 saturated carbocycles. The first kappa shape index (κ1) is 15.4. The third-order valence-electron chi connectivity index (χ3n) is 4.03. The van der Waals surface area contributed by atoms with Crippen molar-refractivity contribution in [3.8, 4) is 0 Å². The number of thioether (sulfide) groups is 1. The standard InChI is InChI=1S/C18H22N2OS/c21-18-5-1-2-10-20(18)13-16-8-6-15(7-9-16)12-19-17-4-3-11-22-14-17/h1-2,5-10,17,19H,3-4,11-14H2/t17-/m0/s1. The van der Waals surface area contributed by atoms with Crippen molar-refractivity contribution in [2.24, 2.45) is 0 Å². The van der Waals surface area contributed by atoms with Crippen LogP contribution in [0.1, 0.15) is 24.0 Å². The molecule has 0 aliphatic carbocycles. The van der Waals surface area contributed by atoms with Gasteiger partial charge < -0.3 is 9.88 Å². The zero-order valence-electron chi connectivity index (χ0n) is 12.7. The van der Waals surface area contributed by atoms with Crippen LogP contribution < -0.4 is 10.9 Å². The predicted octanol–water partition coefficient (Wildman–Crippen LogP) is 2.88. The molecule has 1 fully saturated rings. The van der Waals surface area contributed by atoms with Crippen molar-refractivity contribution < 1.29 is 0 Å². The molecule has 0 bridgehead atoms. The molecular weight excluding hydrogens is 292 g/mol. The molecule has 0 spiro atoms. The second-order valence-electron chi connectivity index (χ2n) is 5.78. The summed E-state index contributed by atoms with van der Waals surface area (Å²) in [6.45, 7) is 1.56. The van der Waals surface area contributed by atoms with Gasteiger partial charge in [0.05, 0.1) is 6.54 Å². The predicted molar refractivity (Wildman–Crippen MR) is 93.4 cm³/mol. The molecule has 22 heavy (non-hydrogen) atoms. The number of pyridine rings is 1. The van der Waals surface area contributed by atoms with Gasteiger partial charge in [-0.05, 0) is 35.8 Å². The molecule has 1 atom stereocenters. The maximum absolute atomic E-state index is 11.7. The number of nitrogens with one attached hydrogen (secondary N) is 1. The van der Waals surface area contributed by atoms with E-state index < -0.39 is 0 Å². The summed E-state index contributed by atoms with van der Waals surface area (Å²) in [5.74, 6) is 2.54. The molecule has 0 radical (unpaired) electrons. The van der Waals surface area contributed by atoms with Crippen molar-refractivity contribution in [2.75, 3.05) is 11.5 Å². The van der Waals surface area contributed by atoms with Gasteiger partial charge in [-0.15, -0.1) is 0 Å². The van der Waals surface area contributed by atoms with Crippen molar-refractivity contribution in [3.63, 3.8) is 0 Å². The minimum Gasteiger partial charge on any atom is -0.311 e. The van der Waals surface area contributed by atoms with Gasteiger partial charge in [0.1, 0.15) is 0 Å². The van der Waals surface area contributed by atoms with E-state index in [9.17, 15) is 4.79 Å². The van der Waals surface area contributed by atoms with Crippen LogP contribution in [0.4, 0.5) is 0 Å². The van der Waals surface area contributed by atoms with Crippen molar-refractivity contribution in [3.05, 3.63) is 70.1 Å². The number of aromatic nitrogens is 1. The monoisotopic (exact) mass is 314 g/mol. The molecule has 1 aromatic heterocycles. The largest absolute Gasteiger partial charge is 0.311 e. The van der Waals surface area contributed by atoms with E-state index >= 15 is 0 Å². The van der Waals surface area contributed by atoms with Crippen LogP contribution in [0.25, 0.3) is 0 Å². The molecule has 1 aliphatic heterocycles. The van der Waals surface area contributed by atoms with Gasteiger partial charge in [-0.25, -0.2) is 0 Å². The summed E-state index contributed by atoms with van der Waals surface area (Å²) in [6.07, 6.45) is 4.45. The SMILES string of the molecule is O=c1ccccn1Cc1ccc(CN[C@H]2CCCSC2)cc1. The fourth-order valence-corrected chi connectivity index (χ4v) is 3.82. The van der Waals surface area contributed by atoms with Crippen LogP contribution in [0.3, 0.4) is 0 Å². The molecule has 4 heteroatoms. The van der Waals surface area contributed by atoms with Crippen molar-refractivity contribution in [1.29, 1.82) is 0 Å². The topological polar surface area (TPSA) is 34.0 Å². The van der Waals surface area contributed by atoms with Crippen molar-refractivity contribution in [2.45, 2.75) is 32.0 Å². The highest BCUT2D eigenvalue weighted by molar-refractivity contribution is 7.99. The molecule has 1 N–H and O–H groups in total. The Labute approximate surface area is 135 Å². The second-order valence-corrected chi connectivity index (χ2v) is 6.93. The van der Waals surface area contributed by atoms with Gasteiger partial charge in [0, 0.05) is 30.6 Å². The minimum absolute atomic E-state index is 0.0445. The average molecular weight is 314 g/mol. The van der Waals surface area contributed by atoms with Gasteiger partial charge in [-0.1, -0.05) is 30.3 Å². The van der Waals surface area contributed by atoms with E-state index in [1.54, 1.807) is 16.7 Å². The highest BCUT2D eigenvalue weighted by Gasteiger charge is 2.12. The van der Waals surface area contributed by atoms with Gasteiger partial charge in [0.2, 0.25) is 0 Å². The maximum Gasteiger partial charge on any atom is 0.250 e. The van der Waals surface area contributed by atoms with Gasteiger partial charge in [-0.2, -0.15) is 11.8 Å². The highest BCUT2D eigenvalue weighted by atomic mass is 32.2. The summed E-state index contributed by atoms with van der Waals surface area (Å²) in [7, 11) is 0. The summed E-state index contributed by atoms with van der Waals surface area (Å²) >= 11 is 2.05. The van der Waals surface area contributed by atoms with Crippen molar-refractivity contribution in [1.82, 2.24) is 9.88 Å². The normalized spacial score (nSPS) is 18.3. The summed E-state index contributed by atoms with van der Waals surface area (Å²) in [5.41, 5.74) is 2.51. The molecule has 1 aliphatic rings. The smallest absolute Gasteiger partial charge is 0.250 e. The van der Waals surface area contributed by atoms with Crippen LogP contribution >= 0.6 is 11.8 Å². The molecule has 116 valence electrons. The van der Waals surface area contributed by atoms with Gasteiger partial charge in [-0.3, -0.25) is 4.79 Å². The lowest BCUT2D eigenvalue weighted by Gasteiger charge is -2.22. The number of rotatable bonds is 5. The third kappa shape index (κ3) is 4.24. The van der Waals surface area contributed by atoms with Gasteiger partial charge in [0.15, 0.2) is 0 Å². The summed E-state index contributed by atoms with van der Waals surface area (Å²) < 4.78 is 1.73. The molecule has 3 rings (SSSR count). The van der Waals surface area contributed by atoms with E-state index in [-0.39, 0.29) is 5.56 Å². The number of benzene rings is 1. The summed E-state index contributed by atoms with van der Waals surface area (Å²) in [6, 6.07) is 14.5. The molecular formula is C18H22N2OS. The fourth-order valence-electron chi connectivity index (χ4n) is 2.71. The Morgan fingerprint density at radius 1 is 1.14 bits per heavy atom. The lowest BCUT2D eigenvalue weighted by Crippen LogP contribution is -2.33. The average Bonchev–Trinajstić information content (AvgIpc) is 2.57. The second kappa shape index (κ2) is 7.65. The minimum atomic E-state index is 0.0445. The van der Waals surface area contributed by atoms with Crippen LogP contribution in [-0.2, 0) is 13.1 Å². The summed E-state index contributed by atoms with van der Waals surface area (Å²) in [5, 5.41) is 3.64. The first-order valence-corrected chi connectivity index (χ1v) is 9.01. The Hall–Kier alpha value is -1.52. The first-order chi connectivity index (χ1) is 10.8. The van der Waals surface area contributed by atoms with Gasteiger partial charge in [0.25, 0.3) is 5.56 Å². The zero-order chi connectivity index (χ0) is 15.2. The van der Waals surface area contributed by atoms with Crippen LogP contribution in [0.2, 0.25) is 0 Å². The van der Waals surface area contributed by atoms with E-state index in [2.05, 4.69) is 29.6 Å². The van der Waals surface area contributed by atoms with E-state index in [1.807, 2.05) is 24.0 Å². The zero-order valence-corrected chi connectivity index (χ0v) is 13.5. The molecule has 1 aromatic carbocycles. The Balaban J connectivity index is 1.56. The molecule has 2 aromatic rings. The molecule has 3 nitrogen and oxygen atoms in total. The Morgan fingerprint density at radius 2 is 1.95 bits per heavy atom. The molecule has 2 heterocycles. The van der Waals surface area contributed by atoms with Crippen molar-refractivity contribution >= 4 is 11.8 Å². The van der Waals surface area contributed by atoms with E-state index in [0.717, 1.165) is 12.1 Å². The van der Waals surface area contributed by atoms with Crippen LogP contribution in [0, 0.1) is 0 Å². The van der Waals surface area contributed by atoms with E-state index in [4.69, 9.17) is 0 Å². The third-order valence-corrected chi connectivity index (χ3v) is 5.25. The molecule has 0 amide bonds. The fraction of sp³-hybridized carbons (Fsp3) is 0.389.